The number of nitrogens with two attached hydrogens (primary N) is 1. The van der Waals surface area contributed by atoms with E-state index in [4.69, 9.17) is 10.5 Å². The van der Waals surface area contributed by atoms with Crippen molar-refractivity contribution >= 4 is 5.91 Å². The minimum atomic E-state index is -0.432. The summed E-state index contributed by atoms with van der Waals surface area (Å²) in [6.45, 7) is 1.46. The highest BCUT2D eigenvalue weighted by molar-refractivity contribution is 5.81. The predicted molar refractivity (Wildman–Crippen MR) is 84.0 cm³/mol. The molecule has 2 unspecified atom stereocenters. The van der Waals surface area contributed by atoms with Gasteiger partial charge in [0.15, 0.2) is 0 Å². The van der Waals surface area contributed by atoms with Gasteiger partial charge in [0, 0.05) is 20.2 Å². The number of carbonyl (C=O) groups excluding carboxylic acids is 1. The Kier molecular flexibility index (Phi) is 6.21. The van der Waals surface area contributed by atoms with Crippen LogP contribution in [0.2, 0.25) is 0 Å². The van der Waals surface area contributed by atoms with Gasteiger partial charge in [0.2, 0.25) is 5.91 Å². The Labute approximate surface area is 127 Å². The molecule has 1 amide bonds. The number of likely N-dealkylation sites (N-methyl/N-ethyl adjacent to an activating group) is 1. The van der Waals surface area contributed by atoms with Crippen molar-refractivity contribution in [3.05, 3.63) is 35.9 Å². The molecule has 1 aliphatic heterocycles. The maximum Gasteiger partial charge on any atom is 0.239 e. The molecule has 1 aromatic rings. The SMILES string of the molecule is CN(CC1CCCCO1)C(=O)C(N)CCc1ccccc1. The molecule has 4 nitrogen and oxygen atoms in total. The Morgan fingerprint density at radius 2 is 2.14 bits per heavy atom. The van der Waals surface area contributed by atoms with Crippen molar-refractivity contribution in [1.82, 2.24) is 4.90 Å². The molecule has 0 bridgehead atoms. The van der Waals surface area contributed by atoms with Gasteiger partial charge in [-0.25, -0.2) is 0 Å². The molecular formula is C17H26N2O2. The lowest BCUT2D eigenvalue weighted by atomic mass is 10.0. The summed E-state index contributed by atoms with van der Waals surface area (Å²) >= 11 is 0. The monoisotopic (exact) mass is 290 g/mol. The number of rotatable bonds is 6. The van der Waals surface area contributed by atoms with Gasteiger partial charge in [-0.1, -0.05) is 30.3 Å². The lowest BCUT2D eigenvalue weighted by molar-refractivity contribution is -0.133. The van der Waals surface area contributed by atoms with Crippen molar-refractivity contribution < 1.29 is 9.53 Å². The van der Waals surface area contributed by atoms with Crippen LogP contribution in [0.3, 0.4) is 0 Å². The summed E-state index contributed by atoms with van der Waals surface area (Å²) in [4.78, 5) is 14.0. The van der Waals surface area contributed by atoms with E-state index in [1.54, 1.807) is 4.90 Å². The molecule has 1 aliphatic rings. The van der Waals surface area contributed by atoms with Crippen LogP contribution in [-0.2, 0) is 16.0 Å². The van der Waals surface area contributed by atoms with Crippen LogP contribution in [0.5, 0.6) is 0 Å². The number of hydrogen-bond donors (Lipinski definition) is 1. The number of nitrogens with zero attached hydrogens (tertiary/aromatic N) is 1. The minimum Gasteiger partial charge on any atom is -0.376 e. The standard InChI is InChI=1S/C17H26N2O2/c1-19(13-15-9-5-6-12-21-15)17(20)16(18)11-10-14-7-3-2-4-8-14/h2-4,7-8,15-16H,5-6,9-13,18H2,1H3. The van der Waals surface area contributed by atoms with Gasteiger partial charge in [-0.3, -0.25) is 4.79 Å². The fraction of sp³-hybridized carbons (Fsp3) is 0.588. The summed E-state index contributed by atoms with van der Waals surface area (Å²) in [5.41, 5.74) is 7.26. The molecule has 116 valence electrons. The van der Waals surface area contributed by atoms with Gasteiger partial charge in [-0.15, -0.1) is 0 Å². The second kappa shape index (κ2) is 8.15. The number of benzene rings is 1. The average Bonchev–Trinajstić information content (AvgIpc) is 2.53. The molecule has 1 saturated heterocycles. The summed E-state index contributed by atoms with van der Waals surface area (Å²) in [5.74, 6) is 0.0140. The number of carbonyl (C=O) groups is 1. The Balaban J connectivity index is 1.75. The molecular weight excluding hydrogens is 264 g/mol. The summed E-state index contributed by atoms with van der Waals surface area (Å²) < 4.78 is 5.67. The lowest BCUT2D eigenvalue weighted by Gasteiger charge is -2.28. The van der Waals surface area contributed by atoms with Crippen molar-refractivity contribution in [2.24, 2.45) is 5.73 Å². The first-order valence-corrected chi connectivity index (χ1v) is 7.83. The first-order valence-electron chi connectivity index (χ1n) is 7.83. The Hall–Kier alpha value is -1.39. The molecule has 2 N–H and O–H groups in total. The van der Waals surface area contributed by atoms with E-state index in [1.807, 2.05) is 25.2 Å². The molecule has 2 rings (SSSR count). The Morgan fingerprint density at radius 1 is 1.38 bits per heavy atom. The van der Waals surface area contributed by atoms with Crippen LogP contribution in [0.15, 0.2) is 30.3 Å². The van der Waals surface area contributed by atoms with Crippen LogP contribution in [0.25, 0.3) is 0 Å². The normalized spacial score (nSPS) is 20.0. The number of ether oxygens (including phenoxy) is 1. The van der Waals surface area contributed by atoms with E-state index in [1.165, 1.54) is 12.0 Å². The van der Waals surface area contributed by atoms with Crippen LogP contribution in [-0.4, -0.2) is 43.2 Å². The average molecular weight is 290 g/mol. The van der Waals surface area contributed by atoms with Crippen LogP contribution in [0, 0.1) is 0 Å². The van der Waals surface area contributed by atoms with Gasteiger partial charge < -0.3 is 15.4 Å². The van der Waals surface area contributed by atoms with Gasteiger partial charge in [-0.2, -0.15) is 0 Å². The zero-order valence-corrected chi connectivity index (χ0v) is 12.8. The Bertz CT molecular complexity index is 430. The van der Waals surface area contributed by atoms with Crippen molar-refractivity contribution in [3.63, 3.8) is 0 Å². The third-order valence-electron chi connectivity index (χ3n) is 4.03. The fourth-order valence-electron chi connectivity index (χ4n) is 2.72. The fourth-order valence-corrected chi connectivity index (χ4v) is 2.72. The molecule has 0 saturated carbocycles. The van der Waals surface area contributed by atoms with Crippen LogP contribution >= 0.6 is 0 Å². The highest BCUT2D eigenvalue weighted by Gasteiger charge is 2.22. The molecule has 1 fully saturated rings. The second-order valence-electron chi connectivity index (χ2n) is 5.84. The molecule has 0 aromatic heterocycles. The van der Waals surface area contributed by atoms with Gasteiger partial charge in [-0.05, 0) is 37.7 Å². The minimum absolute atomic E-state index is 0.0140. The third-order valence-corrected chi connectivity index (χ3v) is 4.03. The molecule has 0 radical (unpaired) electrons. The van der Waals surface area contributed by atoms with E-state index in [-0.39, 0.29) is 12.0 Å². The number of amides is 1. The zero-order chi connectivity index (χ0) is 15.1. The van der Waals surface area contributed by atoms with Gasteiger partial charge >= 0.3 is 0 Å². The zero-order valence-electron chi connectivity index (χ0n) is 12.8. The van der Waals surface area contributed by atoms with Crippen LogP contribution in [0.1, 0.15) is 31.2 Å². The molecule has 1 aromatic carbocycles. The number of hydrogen-bond acceptors (Lipinski definition) is 3. The summed E-state index contributed by atoms with van der Waals surface area (Å²) in [5, 5.41) is 0. The van der Waals surface area contributed by atoms with Crippen molar-refractivity contribution in [2.75, 3.05) is 20.2 Å². The smallest absolute Gasteiger partial charge is 0.239 e. The van der Waals surface area contributed by atoms with Crippen molar-refractivity contribution in [3.8, 4) is 0 Å². The lowest BCUT2D eigenvalue weighted by Crippen LogP contribution is -2.45. The van der Waals surface area contributed by atoms with E-state index in [0.717, 1.165) is 25.9 Å². The molecule has 1 heterocycles. The molecule has 4 heteroatoms. The highest BCUT2D eigenvalue weighted by atomic mass is 16.5. The first kappa shape index (κ1) is 16.0. The highest BCUT2D eigenvalue weighted by Crippen LogP contribution is 2.14. The molecule has 0 aliphatic carbocycles. The quantitative estimate of drug-likeness (QED) is 0.871. The maximum absolute atomic E-state index is 12.3. The molecule has 21 heavy (non-hydrogen) atoms. The third kappa shape index (κ3) is 5.14. The summed E-state index contributed by atoms with van der Waals surface area (Å²) in [6.07, 6.45) is 5.04. The van der Waals surface area contributed by atoms with E-state index in [9.17, 15) is 4.79 Å². The molecule has 2 atom stereocenters. The summed E-state index contributed by atoms with van der Waals surface area (Å²) in [7, 11) is 1.82. The topological polar surface area (TPSA) is 55.6 Å². The maximum atomic E-state index is 12.3. The first-order chi connectivity index (χ1) is 10.2. The molecule has 0 spiro atoms. The van der Waals surface area contributed by atoms with Gasteiger partial charge in [0.1, 0.15) is 0 Å². The predicted octanol–water partition coefficient (Wildman–Crippen LogP) is 1.97. The van der Waals surface area contributed by atoms with Crippen molar-refractivity contribution in [1.29, 1.82) is 0 Å². The van der Waals surface area contributed by atoms with Crippen molar-refractivity contribution in [2.45, 2.75) is 44.2 Å². The van der Waals surface area contributed by atoms with E-state index >= 15 is 0 Å². The Morgan fingerprint density at radius 3 is 2.81 bits per heavy atom. The van der Waals surface area contributed by atoms with E-state index in [0.29, 0.717) is 13.0 Å². The second-order valence-corrected chi connectivity index (χ2v) is 5.84. The van der Waals surface area contributed by atoms with Crippen LogP contribution < -0.4 is 5.73 Å². The van der Waals surface area contributed by atoms with E-state index < -0.39 is 6.04 Å². The van der Waals surface area contributed by atoms with Gasteiger partial charge in [0.25, 0.3) is 0 Å². The van der Waals surface area contributed by atoms with Gasteiger partial charge in [0.05, 0.1) is 12.1 Å². The van der Waals surface area contributed by atoms with Crippen LogP contribution in [0.4, 0.5) is 0 Å². The van der Waals surface area contributed by atoms with E-state index in [2.05, 4.69) is 12.1 Å². The number of aryl methyl sites for hydroxylation is 1. The summed E-state index contributed by atoms with van der Waals surface area (Å²) in [6, 6.07) is 9.71. The largest absolute Gasteiger partial charge is 0.376 e.